The zero-order valence-corrected chi connectivity index (χ0v) is 19.1. The van der Waals surface area contributed by atoms with E-state index in [1.54, 1.807) is 16.0 Å². The van der Waals surface area contributed by atoms with Crippen molar-refractivity contribution >= 4 is 33.4 Å². The summed E-state index contributed by atoms with van der Waals surface area (Å²) in [6, 6.07) is 9.47. The van der Waals surface area contributed by atoms with Crippen molar-refractivity contribution in [1.82, 2.24) is 14.9 Å². The average molecular weight is 463 g/mol. The molecule has 1 saturated heterocycles. The van der Waals surface area contributed by atoms with Gasteiger partial charge in [0.05, 0.1) is 23.7 Å². The maximum Gasteiger partial charge on any atom is 0.273 e. The van der Waals surface area contributed by atoms with Crippen LogP contribution in [0.4, 0.5) is 5.95 Å². The van der Waals surface area contributed by atoms with Gasteiger partial charge in [0, 0.05) is 31.1 Å². The summed E-state index contributed by atoms with van der Waals surface area (Å²) >= 11 is 1.24. The van der Waals surface area contributed by atoms with Crippen LogP contribution in [0.3, 0.4) is 0 Å². The van der Waals surface area contributed by atoms with E-state index < -0.39 is 0 Å². The molecule has 2 aliphatic rings. The summed E-state index contributed by atoms with van der Waals surface area (Å²) in [5, 5.41) is 14.2. The topological polar surface area (TPSA) is 117 Å². The number of aromatic nitrogens is 2. The molecule has 170 valence electrons. The van der Waals surface area contributed by atoms with Gasteiger partial charge in [0.1, 0.15) is 10.2 Å². The third kappa shape index (κ3) is 4.36. The molecular weight excluding hydrogens is 436 g/mol. The maximum absolute atomic E-state index is 13.7. The first kappa shape index (κ1) is 21.6. The van der Waals surface area contributed by atoms with Crippen molar-refractivity contribution in [1.29, 1.82) is 5.26 Å². The summed E-state index contributed by atoms with van der Waals surface area (Å²) < 4.78 is 2.07. The molecule has 33 heavy (non-hydrogen) atoms. The van der Waals surface area contributed by atoms with Gasteiger partial charge in [0.15, 0.2) is 0 Å². The Kier molecular flexibility index (Phi) is 5.87. The number of thiophene rings is 1. The molecule has 2 aromatic heterocycles. The summed E-state index contributed by atoms with van der Waals surface area (Å²) in [6.45, 7) is 2.21. The molecule has 3 aromatic rings. The minimum atomic E-state index is -0.201. The second kappa shape index (κ2) is 8.96. The second-order valence-corrected chi connectivity index (χ2v) is 9.78. The molecule has 8 nitrogen and oxygen atoms in total. The lowest BCUT2D eigenvalue weighted by Crippen LogP contribution is -2.45. The van der Waals surface area contributed by atoms with Gasteiger partial charge in [-0.2, -0.15) is 5.26 Å². The van der Waals surface area contributed by atoms with Crippen molar-refractivity contribution in [3.8, 4) is 6.07 Å². The van der Waals surface area contributed by atoms with E-state index in [1.165, 1.54) is 11.3 Å². The first-order valence-electron chi connectivity index (χ1n) is 11.3. The van der Waals surface area contributed by atoms with Crippen LogP contribution in [0.2, 0.25) is 0 Å². The van der Waals surface area contributed by atoms with Crippen molar-refractivity contribution < 1.29 is 4.79 Å². The number of carbonyl (C=O) groups is 1. The van der Waals surface area contributed by atoms with E-state index in [0.29, 0.717) is 46.3 Å². The predicted octanol–water partition coefficient (Wildman–Crippen LogP) is 2.45. The minimum absolute atomic E-state index is 0.00465. The van der Waals surface area contributed by atoms with Crippen LogP contribution in [-0.2, 0) is 6.54 Å². The van der Waals surface area contributed by atoms with E-state index >= 15 is 0 Å². The highest BCUT2D eigenvalue weighted by Gasteiger charge is 2.27. The Morgan fingerprint density at radius 3 is 2.88 bits per heavy atom. The van der Waals surface area contributed by atoms with E-state index in [1.807, 2.05) is 23.1 Å². The molecule has 5 rings (SSSR count). The highest BCUT2D eigenvalue weighted by molar-refractivity contribution is 7.17. The summed E-state index contributed by atoms with van der Waals surface area (Å²) in [6.07, 6.45) is 4.13. The Morgan fingerprint density at radius 1 is 1.30 bits per heavy atom. The number of carbonyl (C=O) groups excluding carboxylic acids is 1. The number of fused-ring (bicyclic) bond motifs is 1. The molecule has 1 atom stereocenters. The first-order chi connectivity index (χ1) is 16.0. The van der Waals surface area contributed by atoms with Crippen LogP contribution >= 0.6 is 11.3 Å². The highest BCUT2D eigenvalue weighted by Crippen LogP contribution is 2.29. The fraction of sp³-hybridized carbons (Fsp3) is 0.417. The number of benzene rings is 1. The van der Waals surface area contributed by atoms with Gasteiger partial charge in [-0.25, -0.2) is 4.98 Å². The van der Waals surface area contributed by atoms with Crippen molar-refractivity contribution in [2.75, 3.05) is 24.5 Å². The van der Waals surface area contributed by atoms with Gasteiger partial charge in [0.2, 0.25) is 5.95 Å². The van der Waals surface area contributed by atoms with Gasteiger partial charge in [-0.3, -0.25) is 14.2 Å². The van der Waals surface area contributed by atoms with E-state index in [2.05, 4.69) is 11.4 Å². The number of rotatable bonds is 6. The monoisotopic (exact) mass is 462 g/mol. The Morgan fingerprint density at radius 2 is 2.12 bits per heavy atom. The Hall–Kier alpha value is -3.22. The van der Waals surface area contributed by atoms with Crippen LogP contribution in [0.5, 0.6) is 0 Å². The molecule has 0 radical (unpaired) electrons. The molecule has 2 fully saturated rings. The summed E-state index contributed by atoms with van der Waals surface area (Å²) in [5.41, 5.74) is 8.20. The standard InChI is InChI=1S/C24H26N6O2S/c25-10-16-4-1-2-5-17(16)12-30-23(32)21-20(28-24(30)29-9-3-6-18(26)13-29)19(14-33-21)22(31)27-11-15-7-8-15/h1-2,4-5,14-15,18H,3,6-9,11-13,26H2,(H,27,31). The smallest absolute Gasteiger partial charge is 0.273 e. The number of piperidine rings is 1. The third-order valence-corrected chi connectivity index (χ3v) is 7.31. The quantitative estimate of drug-likeness (QED) is 0.581. The van der Waals surface area contributed by atoms with Gasteiger partial charge < -0.3 is 16.0 Å². The average Bonchev–Trinajstić information content (AvgIpc) is 3.56. The number of hydrogen-bond acceptors (Lipinski definition) is 7. The van der Waals surface area contributed by atoms with E-state index in [0.717, 1.165) is 37.8 Å². The molecule has 0 bridgehead atoms. The molecule has 1 aliphatic carbocycles. The van der Waals surface area contributed by atoms with Crippen molar-refractivity contribution in [3.05, 3.63) is 56.7 Å². The van der Waals surface area contributed by atoms with Gasteiger partial charge in [-0.1, -0.05) is 18.2 Å². The van der Waals surface area contributed by atoms with Crippen LogP contribution in [0.25, 0.3) is 10.2 Å². The van der Waals surface area contributed by atoms with E-state index in [-0.39, 0.29) is 24.1 Å². The minimum Gasteiger partial charge on any atom is -0.352 e. The molecule has 3 N–H and O–H groups in total. The number of amides is 1. The zero-order chi connectivity index (χ0) is 22.9. The molecule has 1 aliphatic heterocycles. The van der Waals surface area contributed by atoms with Gasteiger partial charge >= 0.3 is 0 Å². The highest BCUT2D eigenvalue weighted by atomic mass is 32.1. The normalized spacial score (nSPS) is 18.3. The van der Waals surface area contributed by atoms with Crippen LogP contribution in [0, 0.1) is 17.2 Å². The van der Waals surface area contributed by atoms with Gasteiger partial charge in [0.25, 0.3) is 11.5 Å². The second-order valence-electron chi connectivity index (χ2n) is 8.90. The Labute approximate surface area is 195 Å². The van der Waals surface area contributed by atoms with Gasteiger partial charge in [-0.15, -0.1) is 11.3 Å². The number of hydrogen-bond donors (Lipinski definition) is 2. The van der Waals surface area contributed by atoms with E-state index in [4.69, 9.17) is 10.7 Å². The lowest BCUT2D eigenvalue weighted by molar-refractivity contribution is 0.0953. The molecule has 1 saturated carbocycles. The third-order valence-electron chi connectivity index (χ3n) is 6.36. The molecule has 9 heteroatoms. The summed E-state index contributed by atoms with van der Waals surface area (Å²) in [4.78, 5) is 33.4. The number of nitrogens with zero attached hydrogens (tertiary/aromatic N) is 4. The number of nitrogens with one attached hydrogen (secondary N) is 1. The molecule has 3 heterocycles. The number of anilines is 1. The summed E-state index contributed by atoms with van der Waals surface area (Å²) in [7, 11) is 0. The lowest BCUT2D eigenvalue weighted by Gasteiger charge is -2.33. The first-order valence-corrected chi connectivity index (χ1v) is 12.2. The maximum atomic E-state index is 13.7. The van der Waals surface area contributed by atoms with Crippen molar-refractivity contribution in [2.45, 2.75) is 38.3 Å². The largest absolute Gasteiger partial charge is 0.352 e. The molecular formula is C24H26N6O2S. The van der Waals surface area contributed by atoms with Crippen molar-refractivity contribution in [2.24, 2.45) is 11.7 Å². The Balaban J connectivity index is 1.60. The summed E-state index contributed by atoms with van der Waals surface area (Å²) in [5.74, 6) is 0.883. The molecule has 0 spiro atoms. The SMILES string of the molecule is N#Cc1ccccc1Cn1c(N2CCCC(N)C2)nc2c(C(=O)NCC3CC3)csc2c1=O. The predicted molar refractivity (Wildman–Crippen MR) is 129 cm³/mol. The van der Waals surface area contributed by atoms with Crippen LogP contribution in [-0.4, -0.2) is 41.1 Å². The molecule has 1 amide bonds. The number of nitrogens with two attached hydrogens (primary N) is 1. The molecule has 1 aromatic carbocycles. The van der Waals surface area contributed by atoms with E-state index in [9.17, 15) is 14.9 Å². The fourth-order valence-electron chi connectivity index (χ4n) is 4.32. The van der Waals surface area contributed by atoms with Crippen LogP contribution in [0.15, 0.2) is 34.4 Å². The van der Waals surface area contributed by atoms with Crippen molar-refractivity contribution in [3.63, 3.8) is 0 Å². The number of nitriles is 1. The Bertz CT molecular complexity index is 1300. The lowest BCUT2D eigenvalue weighted by atomic mass is 10.1. The fourth-order valence-corrected chi connectivity index (χ4v) is 5.25. The molecule has 1 unspecified atom stereocenters. The zero-order valence-electron chi connectivity index (χ0n) is 18.3. The van der Waals surface area contributed by atoms with Crippen LogP contribution in [0.1, 0.15) is 47.2 Å². The van der Waals surface area contributed by atoms with Gasteiger partial charge in [-0.05, 0) is 43.2 Å². The van der Waals surface area contributed by atoms with Crippen LogP contribution < -0.4 is 21.5 Å².